The van der Waals surface area contributed by atoms with Crippen molar-refractivity contribution in [1.29, 1.82) is 0 Å². The molecule has 0 aliphatic carbocycles. The lowest BCUT2D eigenvalue weighted by Crippen LogP contribution is -2.38. The zero-order valence-electron chi connectivity index (χ0n) is 11.3. The van der Waals surface area contributed by atoms with Crippen molar-refractivity contribution in [2.75, 3.05) is 27.3 Å². The maximum absolute atomic E-state index is 6.25. The summed E-state index contributed by atoms with van der Waals surface area (Å²) in [6, 6.07) is 8.74. The Morgan fingerprint density at radius 1 is 1.35 bits per heavy atom. The number of hydrogen-bond acceptors (Lipinski definition) is 3. The average molecular weight is 236 g/mol. The summed E-state index contributed by atoms with van der Waals surface area (Å²) >= 11 is 0. The normalized spacial score (nSPS) is 14.9. The van der Waals surface area contributed by atoms with E-state index in [1.807, 2.05) is 12.1 Å². The minimum absolute atomic E-state index is 0.0560. The Balaban J connectivity index is 2.60. The average Bonchev–Trinajstić information content (AvgIpc) is 2.29. The third-order valence-electron chi connectivity index (χ3n) is 3.23. The van der Waals surface area contributed by atoms with Crippen LogP contribution in [0.2, 0.25) is 0 Å². The predicted molar refractivity (Wildman–Crippen MR) is 72.1 cm³/mol. The van der Waals surface area contributed by atoms with Crippen LogP contribution in [0.5, 0.6) is 0 Å². The Hall–Kier alpha value is -0.900. The van der Waals surface area contributed by atoms with Crippen molar-refractivity contribution < 1.29 is 4.74 Å². The third kappa shape index (κ3) is 4.11. The first-order chi connectivity index (χ1) is 8.06. The molecule has 0 aromatic heterocycles. The molecule has 0 radical (unpaired) electrons. The minimum Gasteiger partial charge on any atom is -0.383 e. The topological polar surface area (TPSA) is 38.5 Å². The van der Waals surface area contributed by atoms with Crippen LogP contribution in [0.3, 0.4) is 0 Å². The van der Waals surface area contributed by atoms with E-state index in [9.17, 15) is 0 Å². The molecule has 96 valence electrons. The lowest BCUT2D eigenvalue weighted by atomic mass is 10.0. The maximum Gasteiger partial charge on any atom is 0.0615 e. The molecule has 2 atom stereocenters. The van der Waals surface area contributed by atoms with Gasteiger partial charge < -0.3 is 10.5 Å². The molecule has 0 aliphatic rings. The summed E-state index contributed by atoms with van der Waals surface area (Å²) in [4.78, 5) is 2.24. The van der Waals surface area contributed by atoms with Gasteiger partial charge in [0, 0.05) is 25.7 Å². The highest BCUT2D eigenvalue weighted by Gasteiger charge is 2.15. The molecule has 0 saturated carbocycles. The fourth-order valence-electron chi connectivity index (χ4n) is 1.96. The van der Waals surface area contributed by atoms with Gasteiger partial charge in [-0.2, -0.15) is 0 Å². The highest BCUT2D eigenvalue weighted by molar-refractivity contribution is 5.28. The first kappa shape index (κ1) is 14.2. The Labute approximate surface area is 105 Å². The molecule has 0 amide bonds. The van der Waals surface area contributed by atoms with E-state index in [4.69, 9.17) is 10.5 Å². The molecule has 0 saturated heterocycles. The summed E-state index contributed by atoms with van der Waals surface area (Å²) in [5.74, 6) is 0. The van der Waals surface area contributed by atoms with Gasteiger partial charge in [0.2, 0.25) is 0 Å². The van der Waals surface area contributed by atoms with Crippen molar-refractivity contribution in [3.63, 3.8) is 0 Å². The Morgan fingerprint density at radius 3 is 2.59 bits per heavy atom. The monoisotopic (exact) mass is 236 g/mol. The standard InChI is InChI=1S/C14H24N2O/c1-11-7-5-6-8-13(11)14(15)9-16(3)12(2)10-17-4/h5-8,12,14H,9-10,15H2,1-4H3. The molecule has 3 nitrogen and oxygen atoms in total. The lowest BCUT2D eigenvalue weighted by molar-refractivity contribution is 0.112. The van der Waals surface area contributed by atoms with Crippen molar-refractivity contribution >= 4 is 0 Å². The first-order valence-corrected chi connectivity index (χ1v) is 6.06. The third-order valence-corrected chi connectivity index (χ3v) is 3.23. The second kappa shape index (κ2) is 6.74. The predicted octanol–water partition coefficient (Wildman–Crippen LogP) is 1.96. The highest BCUT2D eigenvalue weighted by Crippen LogP contribution is 2.16. The fraction of sp³-hybridized carbons (Fsp3) is 0.571. The van der Waals surface area contributed by atoms with Gasteiger partial charge in [-0.3, -0.25) is 4.90 Å². The van der Waals surface area contributed by atoms with E-state index in [2.05, 4.69) is 37.9 Å². The van der Waals surface area contributed by atoms with Crippen molar-refractivity contribution in [2.45, 2.75) is 25.9 Å². The van der Waals surface area contributed by atoms with E-state index in [1.165, 1.54) is 11.1 Å². The molecular formula is C14H24N2O. The number of methoxy groups -OCH3 is 1. The zero-order valence-corrected chi connectivity index (χ0v) is 11.3. The van der Waals surface area contributed by atoms with Crippen molar-refractivity contribution in [1.82, 2.24) is 4.90 Å². The molecule has 2 unspecified atom stereocenters. The number of ether oxygens (including phenoxy) is 1. The number of nitrogens with zero attached hydrogens (tertiary/aromatic N) is 1. The van der Waals surface area contributed by atoms with Crippen molar-refractivity contribution in [3.05, 3.63) is 35.4 Å². The molecule has 1 aromatic carbocycles. The SMILES string of the molecule is COCC(C)N(C)CC(N)c1ccccc1C. The zero-order chi connectivity index (χ0) is 12.8. The van der Waals surface area contributed by atoms with Gasteiger partial charge in [-0.05, 0) is 32.0 Å². The Morgan fingerprint density at radius 2 is 2.00 bits per heavy atom. The van der Waals surface area contributed by atoms with Gasteiger partial charge in [0.25, 0.3) is 0 Å². The maximum atomic E-state index is 6.25. The van der Waals surface area contributed by atoms with E-state index in [1.54, 1.807) is 7.11 Å². The first-order valence-electron chi connectivity index (χ1n) is 6.06. The summed E-state index contributed by atoms with van der Waals surface area (Å²) in [5.41, 5.74) is 8.73. The molecule has 0 fully saturated rings. The van der Waals surface area contributed by atoms with Crippen LogP contribution in [0.4, 0.5) is 0 Å². The Bertz CT molecular complexity index is 341. The minimum atomic E-state index is 0.0560. The summed E-state index contributed by atoms with van der Waals surface area (Å²) in [5, 5.41) is 0. The van der Waals surface area contributed by atoms with Crippen LogP contribution in [-0.2, 0) is 4.74 Å². The summed E-state index contributed by atoms with van der Waals surface area (Å²) in [7, 11) is 3.81. The molecule has 0 spiro atoms. The largest absolute Gasteiger partial charge is 0.383 e. The smallest absolute Gasteiger partial charge is 0.0615 e. The van der Waals surface area contributed by atoms with Gasteiger partial charge in [0.15, 0.2) is 0 Å². The highest BCUT2D eigenvalue weighted by atomic mass is 16.5. The van der Waals surface area contributed by atoms with Crippen LogP contribution >= 0.6 is 0 Å². The summed E-state index contributed by atoms with van der Waals surface area (Å²) < 4.78 is 5.15. The van der Waals surface area contributed by atoms with E-state index in [0.717, 1.165) is 13.2 Å². The summed E-state index contributed by atoms with van der Waals surface area (Å²) in [6.07, 6.45) is 0. The molecule has 0 aliphatic heterocycles. The number of benzene rings is 1. The molecule has 1 rings (SSSR count). The van der Waals surface area contributed by atoms with E-state index in [0.29, 0.717) is 6.04 Å². The van der Waals surface area contributed by atoms with Gasteiger partial charge >= 0.3 is 0 Å². The van der Waals surface area contributed by atoms with Crippen LogP contribution in [0.15, 0.2) is 24.3 Å². The van der Waals surface area contributed by atoms with Gasteiger partial charge in [0.05, 0.1) is 6.61 Å². The second-order valence-corrected chi connectivity index (χ2v) is 4.71. The molecule has 1 aromatic rings. The number of likely N-dealkylation sites (N-methyl/N-ethyl adjacent to an activating group) is 1. The molecule has 3 heteroatoms. The van der Waals surface area contributed by atoms with Crippen LogP contribution < -0.4 is 5.73 Å². The number of aryl methyl sites for hydroxylation is 1. The van der Waals surface area contributed by atoms with Crippen LogP contribution in [0.1, 0.15) is 24.1 Å². The van der Waals surface area contributed by atoms with Gasteiger partial charge in [0.1, 0.15) is 0 Å². The number of hydrogen-bond donors (Lipinski definition) is 1. The van der Waals surface area contributed by atoms with E-state index < -0.39 is 0 Å². The van der Waals surface area contributed by atoms with Crippen LogP contribution in [-0.4, -0.2) is 38.3 Å². The van der Waals surface area contributed by atoms with Gasteiger partial charge in [-0.25, -0.2) is 0 Å². The molecule has 0 heterocycles. The quantitative estimate of drug-likeness (QED) is 0.820. The van der Waals surface area contributed by atoms with Crippen molar-refractivity contribution in [2.24, 2.45) is 5.73 Å². The van der Waals surface area contributed by atoms with E-state index >= 15 is 0 Å². The molecule has 0 bridgehead atoms. The van der Waals surface area contributed by atoms with Crippen LogP contribution in [0, 0.1) is 6.92 Å². The van der Waals surface area contributed by atoms with Gasteiger partial charge in [-0.1, -0.05) is 24.3 Å². The molecule has 17 heavy (non-hydrogen) atoms. The number of rotatable bonds is 6. The Kier molecular flexibility index (Phi) is 5.62. The van der Waals surface area contributed by atoms with Crippen LogP contribution in [0.25, 0.3) is 0 Å². The fourth-order valence-corrected chi connectivity index (χ4v) is 1.96. The molecule has 2 N–H and O–H groups in total. The number of nitrogens with two attached hydrogens (primary N) is 1. The lowest BCUT2D eigenvalue weighted by Gasteiger charge is -2.27. The molecular weight excluding hydrogens is 212 g/mol. The van der Waals surface area contributed by atoms with Gasteiger partial charge in [-0.15, -0.1) is 0 Å². The van der Waals surface area contributed by atoms with Crippen molar-refractivity contribution in [3.8, 4) is 0 Å². The second-order valence-electron chi connectivity index (χ2n) is 4.71. The van der Waals surface area contributed by atoms with E-state index in [-0.39, 0.29) is 6.04 Å². The summed E-state index contributed by atoms with van der Waals surface area (Å²) in [6.45, 7) is 5.83.